The Labute approximate surface area is 157 Å². The van der Waals surface area contributed by atoms with E-state index < -0.39 is 0 Å². The first-order valence-electron chi connectivity index (χ1n) is 8.78. The van der Waals surface area contributed by atoms with Crippen LogP contribution in [0.5, 0.6) is 5.88 Å². The zero-order chi connectivity index (χ0) is 19.0. The Balaban J connectivity index is 1.84. The Hall–Kier alpha value is -3.59. The van der Waals surface area contributed by atoms with Gasteiger partial charge in [-0.15, -0.1) is 0 Å². The fourth-order valence-corrected chi connectivity index (χ4v) is 3.49. The van der Waals surface area contributed by atoms with E-state index in [1.54, 1.807) is 4.68 Å². The molecule has 0 saturated heterocycles. The highest BCUT2D eigenvalue weighted by molar-refractivity contribution is 5.63. The molecule has 1 aromatic carbocycles. The van der Waals surface area contributed by atoms with Gasteiger partial charge in [-0.05, 0) is 18.1 Å². The number of aryl methyl sites for hydroxylation is 2. The van der Waals surface area contributed by atoms with Crippen LogP contribution in [0.15, 0.2) is 60.1 Å². The zero-order valence-electron chi connectivity index (χ0n) is 15.2. The maximum absolute atomic E-state index is 9.70. The number of nitrogens with zero attached hydrogens (tertiary/aromatic N) is 4. The third kappa shape index (κ3) is 2.74. The third-order valence-electron chi connectivity index (χ3n) is 4.80. The smallest absolute Gasteiger partial charge is 0.224 e. The maximum Gasteiger partial charge on any atom is 0.224 e. The number of fused-ring (bicyclic) bond motifs is 1. The summed E-state index contributed by atoms with van der Waals surface area (Å²) < 4.78 is 7.37. The molecular weight excluding hydrogens is 338 g/mol. The number of benzene rings is 1. The van der Waals surface area contributed by atoms with Crippen molar-refractivity contribution in [3.63, 3.8) is 0 Å². The summed E-state index contributed by atoms with van der Waals surface area (Å²) in [5, 5.41) is 14.2. The lowest BCUT2D eigenvalue weighted by Gasteiger charge is -2.24. The quantitative estimate of drug-likeness (QED) is 0.777. The summed E-state index contributed by atoms with van der Waals surface area (Å²) in [4.78, 5) is 4.66. The molecular formula is C21H19N5O. The van der Waals surface area contributed by atoms with Crippen molar-refractivity contribution >= 4 is 0 Å². The highest BCUT2D eigenvalue weighted by Gasteiger charge is 2.36. The molecule has 1 aliphatic rings. The molecule has 2 aromatic heterocycles. The van der Waals surface area contributed by atoms with Crippen LogP contribution in [-0.4, -0.2) is 14.8 Å². The van der Waals surface area contributed by atoms with Gasteiger partial charge in [-0.1, -0.05) is 43.3 Å². The van der Waals surface area contributed by atoms with Gasteiger partial charge >= 0.3 is 0 Å². The van der Waals surface area contributed by atoms with Gasteiger partial charge in [-0.3, -0.25) is 4.98 Å². The summed E-state index contributed by atoms with van der Waals surface area (Å²) in [5.41, 5.74) is 11.0. The van der Waals surface area contributed by atoms with Gasteiger partial charge in [0.1, 0.15) is 11.6 Å². The Kier molecular flexibility index (Phi) is 4.13. The minimum Gasteiger partial charge on any atom is -0.422 e. The summed E-state index contributed by atoms with van der Waals surface area (Å²) in [6.07, 6.45) is 2.55. The van der Waals surface area contributed by atoms with Crippen molar-refractivity contribution in [1.29, 1.82) is 5.26 Å². The third-order valence-corrected chi connectivity index (χ3v) is 4.80. The molecule has 3 heterocycles. The largest absolute Gasteiger partial charge is 0.422 e. The van der Waals surface area contributed by atoms with Crippen LogP contribution in [0.3, 0.4) is 0 Å². The predicted molar refractivity (Wildman–Crippen MR) is 102 cm³/mol. The second kappa shape index (κ2) is 6.61. The number of rotatable bonds is 3. The van der Waals surface area contributed by atoms with Gasteiger partial charge < -0.3 is 10.5 Å². The fraction of sp³-hybridized carbons (Fsp3) is 0.190. The van der Waals surface area contributed by atoms with Gasteiger partial charge in [0.25, 0.3) is 0 Å². The lowest BCUT2D eigenvalue weighted by molar-refractivity contribution is 0.357. The number of pyridine rings is 1. The van der Waals surface area contributed by atoms with Crippen LogP contribution >= 0.6 is 0 Å². The Bertz CT molecular complexity index is 1060. The Morgan fingerprint density at radius 2 is 1.96 bits per heavy atom. The number of hydrogen-bond donors (Lipinski definition) is 1. The van der Waals surface area contributed by atoms with Crippen LogP contribution in [0.25, 0.3) is 11.1 Å². The SMILES string of the molecule is CCc1nn(C)c2c1C(c1ccc(-c3ccccc3)cn1)C(C#N)=C(N)O2. The van der Waals surface area contributed by atoms with Crippen LogP contribution in [0.1, 0.15) is 29.8 Å². The fourth-order valence-electron chi connectivity index (χ4n) is 3.49. The number of nitriles is 1. The summed E-state index contributed by atoms with van der Waals surface area (Å²) >= 11 is 0. The Morgan fingerprint density at radius 1 is 1.19 bits per heavy atom. The predicted octanol–water partition coefficient (Wildman–Crippen LogP) is 3.26. The summed E-state index contributed by atoms with van der Waals surface area (Å²) in [6, 6.07) is 16.2. The van der Waals surface area contributed by atoms with E-state index >= 15 is 0 Å². The van der Waals surface area contributed by atoms with E-state index in [9.17, 15) is 5.26 Å². The first-order chi connectivity index (χ1) is 13.1. The normalized spacial score (nSPS) is 15.8. The van der Waals surface area contributed by atoms with Gasteiger partial charge in [-0.2, -0.15) is 10.4 Å². The van der Waals surface area contributed by atoms with E-state index in [0.717, 1.165) is 34.5 Å². The second-order valence-electron chi connectivity index (χ2n) is 6.41. The molecule has 0 aliphatic carbocycles. The summed E-state index contributed by atoms with van der Waals surface area (Å²) in [5.74, 6) is 0.295. The Morgan fingerprint density at radius 3 is 2.59 bits per heavy atom. The molecule has 1 unspecified atom stereocenters. The molecule has 1 atom stereocenters. The molecule has 134 valence electrons. The molecule has 3 aromatic rings. The van der Waals surface area contributed by atoms with Crippen molar-refractivity contribution in [3.8, 4) is 23.1 Å². The minimum atomic E-state index is -0.382. The van der Waals surface area contributed by atoms with E-state index in [4.69, 9.17) is 10.5 Å². The highest BCUT2D eigenvalue weighted by Crippen LogP contribution is 2.43. The van der Waals surface area contributed by atoms with Crippen LogP contribution in [0.2, 0.25) is 0 Å². The van der Waals surface area contributed by atoms with Crippen molar-refractivity contribution in [3.05, 3.63) is 77.1 Å². The number of nitrogens with two attached hydrogens (primary N) is 1. The highest BCUT2D eigenvalue weighted by atomic mass is 16.5. The first kappa shape index (κ1) is 16.9. The molecule has 1 aliphatic heterocycles. The molecule has 0 amide bonds. The van der Waals surface area contributed by atoms with Crippen LogP contribution in [-0.2, 0) is 13.5 Å². The standard InChI is InChI=1S/C21H19N5O/c1-3-16-19-18(15(11-22)20(23)27-21(19)26(2)25-16)17-10-9-14(12-24-17)13-7-5-4-6-8-13/h4-10,12,18H,3,23H2,1-2H3. The number of ether oxygens (including phenoxy) is 1. The van der Waals surface area contributed by atoms with E-state index in [1.165, 1.54) is 0 Å². The van der Waals surface area contributed by atoms with Crippen molar-refractivity contribution in [2.75, 3.05) is 0 Å². The topological polar surface area (TPSA) is 89.8 Å². The summed E-state index contributed by atoms with van der Waals surface area (Å²) in [6.45, 7) is 2.03. The van der Waals surface area contributed by atoms with Gasteiger partial charge in [-0.25, -0.2) is 4.68 Å². The molecule has 0 spiro atoms. The average Bonchev–Trinajstić information content (AvgIpc) is 3.03. The van der Waals surface area contributed by atoms with E-state index in [0.29, 0.717) is 11.5 Å². The number of allylic oxidation sites excluding steroid dienone is 1. The molecule has 0 radical (unpaired) electrons. The molecule has 2 N–H and O–H groups in total. The van der Waals surface area contributed by atoms with E-state index in [-0.39, 0.29) is 11.8 Å². The van der Waals surface area contributed by atoms with Crippen LogP contribution < -0.4 is 10.5 Å². The van der Waals surface area contributed by atoms with Crippen molar-refractivity contribution in [2.24, 2.45) is 12.8 Å². The van der Waals surface area contributed by atoms with Crippen LogP contribution in [0, 0.1) is 11.3 Å². The average molecular weight is 357 g/mol. The zero-order valence-corrected chi connectivity index (χ0v) is 15.2. The molecule has 6 nitrogen and oxygen atoms in total. The molecule has 27 heavy (non-hydrogen) atoms. The molecule has 4 rings (SSSR count). The van der Waals surface area contributed by atoms with Crippen molar-refractivity contribution in [1.82, 2.24) is 14.8 Å². The molecule has 0 bridgehead atoms. The lowest BCUT2D eigenvalue weighted by Crippen LogP contribution is -2.22. The van der Waals surface area contributed by atoms with E-state index in [1.807, 2.05) is 62.6 Å². The lowest BCUT2D eigenvalue weighted by atomic mass is 9.86. The van der Waals surface area contributed by atoms with Gasteiger partial charge in [0.05, 0.1) is 22.9 Å². The van der Waals surface area contributed by atoms with Gasteiger partial charge in [0.15, 0.2) is 0 Å². The summed E-state index contributed by atoms with van der Waals surface area (Å²) in [7, 11) is 1.81. The molecule has 0 saturated carbocycles. The minimum absolute atomic E-state index is 0.106. The molecule has 6 heteroatoms. The monoisotopic (exact) mass is 357 g/mol. The van der Waals surface area contributed by atoms with E-state index in [2.05, 4.69) is 16.2 Å². The van der Waals surface area contributed by atoms with Gasteiger partial charge in [0.2, 0.25) is 11.8 Å². The number of hydrogen-bond acceptors (Lipinski definition) is 5. The van der Waals surface area contributed by atoms with Crippen molar-refractivity contribution < 1.29 is 4.74 Å². The maximum atomic E-state index is 9.70. The molecule has 0 fully saturated rings. The van der Waals surface area contributed by atoms with Gasteiger partial charge in [0, 0.05) is 18.8 Å². The van der Waals surface area contributed by atoms with Crippen LogP contribution in [0.4, 0.5) is 0 Å². The second-order valence-corrected chi connectivity index (χ2v) is 6.41. The first-order valence-corrected chi connectivity index (χ1v) is 8.78. The van der Waals surface area contributed by atoms with Crippen molar-refractivity contribution in [2.45, 2.75) is 19.3 Å². The number of aromatic nitrogens is 3.